The Morgan fingerprint density at radius 3 is 2.53 bits per heavy atom. The van der Waals surface area contributed by atoms with Gasteiger partial charge in [-0.2, -0.15) is 0 Å². The number of nitrogens with zero attached hydrogens (tertiary/aromatic N) is 1. The number of amides is 1. The average Bonchev–Trinajstić information content (AvgIpc) is 2.55. The second-order valence-corrected chi connectivity index (χ2v) is 3.62. The van der Waals surface area contributed by atoms with Crippen molar-refractivity contribution < 1.29 is 4.79 Å². The van der Waals surface area contributed by atoms with Gasteiger partial charge >= 0.3 is 0 Å². The van der Waals surface area contributed by atoms with E-state index in [1.165, 1.54) is 0 Å². The highest BCUT2D eigenvalue weighted by molar-refractivity contribution is 6.11. The number of carbonyl (C=O) groups excluding carboxylic acids is 1. The molecular formula is C13H13NO. The van der Waals surface area contributed by atoms with Crippen LogP contribution in [0.25, 0.3) is 0 Å². The van der Waals surface area contributed by atoms with E-state index in [1.807, 2.05) is 37.3 Å². The normalized spacial score (nSPS) is 16.1. The molecule has 0 fully saturated rings. The molecule has 0 N–H and O–H groups in total. The van der Waals surface area contributed by atoms with Gasteiger partial charge in [-0.15, -0.1) is 0 Å². The van der Waals surface area contributed by atoms with Gasteiger partial charge < -0.3 is 4.90 Å². The molecule has 1 heterocycles. The Bertz CT molecular complexity index is 431. The molecule has 0 saturated heterocycles. The fourth-order valence-electron chi connectivity index (χ4n) is 1.80. The number of hydrogen-bond donors (Lipinski definition) is 0. The third-order valence-corrected chi connectivity index (χ3v) is 2.60. The summed E-state index contributed by atoms with van der Waals surface area (Å²) in [5.74, 6) is 0.0497. The van der Waals surface area contributed by atoms with Crippen molar-refractivity contribution in [1.29, 1.82) is 0 Å². The van der Waals surface area contributed by atoms with E-state index in [0.29, 0.717) is 6.54 Å². The smallest absolute Gasteiger partial charge is 0.258 e. The van der Waals surface area contributed by atoms with Crippen LogP contribution in [-0.2, 0) is 4.79 Å². The molecule has 1 amide bonds. The Hall–Kier alpha value is -1.83. The number of rotatable bonds is 2. The molecular weight excluding hydrogens is 186 g/mol. The molecule has 0 bridgehead atoms. The van der Waals surface area contributed by atoms with E-state index in [9.17, 15) is 4.79 Å². The number of anilines is 1. The molecule has 76 valence electrons. The predicted octanol–water partition coefficient (Wildman–Crippen LogP) is 2.54. The molecule has 15 heavy (non-hydrogen) atoms. The highest BCUT2D eigenvalue weighted by Crippen LogP contribution is 2.25. The molecule has 0 aliphatic carbocycles. The van der Waals surface area contributed by atoms with Crippen LogP contribution in [0.4, 0.5) is 5.69 Å². The highest BCUT2D eigenvalue weighted by Gasteiger charge is 2.26. The maximum atomic E-state index is 11.9. The molecule has 0 saturated carbocycles. The van der Waals surface area contributed by atoms with E-state index in [4.69, 9.17) is 0 Å². The summed E-state index contributed by atoms with van der Waals surface area (Å²) < 4.78 is 0. The fraction of sp³-hybridized carbons (Fsp3) is 0.154. The van der Waals surface area contributed by atoms with Crippen molar-refractivity contribution in [3.63, 3.8) is 0 Å². The van der Waals surface area contributed by atoms with Crippen molar-refractivity contribution in [3.8, 4) is 0 Å². The Morgan fingerprint density at radius 1 is 1.33 bits per heavy atom. The van der Waals surface area contributed by atoms with Gasteiger partial charge in [0, 0.05) is 17.8 Å². The zero-order chi connectivity index (χ0) is 10.8. The van der Waals surface area contributed by atoms with E-state index >= 15 is 0 Å². The van der Waals surface area contributed by atoms with Crippen LogP contribution in [0, 0.1) is 0 Å². The lowest BCUT2D eigenvalue weighted by Gasteiger charge is -2.16. The van der Waals surface area contributed by atoms with Crippen molar-refractivity contribution in [2.45, 2.75) is 6.92 Å². The third-order valence-electron chi connectivity index (χ3n) is 2.60. The van der Waals surface area contributed by atoms with Crippen molar-refractivity contribution in [1.82, 2.24) is 0 Å². The molecule has 0 aromatic heterocycles. The number of benzene rings is 1. The molecule has 0 spiro atoms. The van der Waals surface area contributed by atoms with Crippen LogP contribution < -0.4 is 4.90 Å². The summed E-state index contributed by atoms with van der Waals surface area (Å²) in [4.78, 5) is 13.7. The van der Waals surface area contributed by atoms with Gasteiger partial charge in [-0.3, -0.25) is 4.79 Å². The van der Waals surface area contributed by atoms with E-state index in [-0.39, 0.29) is 5.91 Å². The van der Waals surface area contributed by atoms with Gasteiger partial charge in [0.1, 0.15) is 0 Å². The molecule has 1 aliphatic rings. The van der Waals surface area contributed by atoms with Gasteiger partial charge in [0.05, 0.1) is 0 Å². The number of carbonyl (C=O) groups is 1. The first-order chi connectivity index (χ1) is 7.24. The van der Waals surface area contributed by atoms with Crippen LogP contribution in [0.5, 0.6) is 0 Å². The third kappa shape index (κ3) is 1.59. The largest absolute Gasteiger partial charge is 0.304 e. The summed E-state index contributed by atoms with van der Waals surface area (Å²) in [6.45, 7) is 6.31. The van der Waals surface area contributed by atoms with Gasteiger partial charge in [0.2, 0.25) is 0 Å². The molecule has 1 aromatic carbocycles. The van der Waals surface area contributed by atoms with E-state index in [1.54, 1.807) is 11.0 Å². The van der Waals surface area contributed by atoms with Crippen molar-refractivity contribution >= 4 is 11.6 Å². The average molecular weight is 199 g/mol. The standard InChI is InChI=1S/C13H13NO/c1-3-12-10(2)9-14(13(12)15)11-7-5-4-6-8-11/h3-8H,1,9H2,2H3. The Labute approximate surface area is 89.5 Å². The van der Waals surface area contributed by atoms with Crippen LogP contribution in [0.3, 0.4) is 0 Å². The lowest BCUT2D eigenvalue weighted by atomic mass is 10.2. The van der Waals surface area contributed by atoms with Crippen LogP contribution in [0.2, 0.25) is 0 Å². The zero-order valence-electron chi connectivity index (χ0n) is 8.73. The van der Waals surface area contributed by atoms with Gasteiger partial charge in [-0.05, 0) is 24.6 Å². The summed E-state index contributed by atoms with van der Waals surface area (Å²) in [6, 6.07) is 9.70. The zero-order valence-corrected chi connectivity index (χ0v) is 8.73. The first kappa shape index (κ1) is 9.71. The first-order valence-electron chi connectivity index (χ1n) is 4.93. The summed E-state index contributed by atoms with van der Waals surface area (Å²) in [7, 11) is 0. The minimum absolute atomic E-state index is 0.0497. The molecule has 2 rings (SSSR count). The van der Waals surface area contributed by atoms with Gasteiger partial charge in [0.25, 0.3) is 5.91 Å². The second kappa shape index (κ2) is 3.73. The van der Waals surface area contributed by atoms with E-state index in [2.05, 4.69) is 6.58 Å². The Balaban J connectivity index is 2.32. The van der Waals surface area contributed by atoms with Crippen molar-refractivity contribution in [3.05, 3.63) is 54.1 Å². The molecule has 0 unspecified atom stereocenters. The van der Waals surface area contributed by atoms with Crippen molar-refractivity contribution in [2.75, 3.05) is 11.4 Å². The summed E-state index contributed by atoms with van der Waals surface area (Å²) in [5, 5.41) is 0. The van der Waals surface area contributed by atoms with Crippen molar-refractivity contribution in [2.24, 2.45) is 0 Å². The molecule has 2 heteroatoms. The van der Waals surface area contributed by atoms with Gasteiger partial charge in [-0.25, -0.2) is 0 Å². The summed E-state index contributed by atoms with van der Waals surface area (Å²) in [6.07, 6.45) is 1.64. The summed E-state index contributed by atoms with van der Waals surface area (Å²) in [5.41, 5.74) is 2.76. The SMILES string of the molecule is C=CC1=C(C)CN(c2ccccc2)C1=O. The van der Waals surface area contributed by atoms with Crippen LogP contribution >= 0.6 is 0 Å². The molecule has 1 aliphatic heterocycles. The number of hydrogen-bond acceptors (Lipinski definition) is 1. The lowest BCUT2D eigenvalue weighted by molar-refractivity contribution is -0.114. The minimum Gasteiger partial charge on any atom is -0.304 e. The van der Waals surface area contributed by atoms with Crippen LogP contribution in [0.15, 0.2) is 54.1 Å². The van der Waals surface area contributed by atoms with E-state index in [0.717, 1.165) is 16.8 Å². The van der Waals surface area contributed by atoms with E-state index < -0.39 is 0 Å². The first-order valence-corrected chi connectivity index (χ1v) is 4.93. The minimum atomic E-state index is 0.0497. The predicted molar refractivity (Wildman–Crippen MR) is 61.7 cm³/mol. The number of para-hydroxylation sites is 1. The molecule has 0 atom stereocenters. The van der Waals surface area contributed by atoms with Gasteiger partial charge in [-0.1, -0.05) is 30.9 Å². The summed E-state index contributed by atoms with van der Waals surface area (Å²) >= 11 is 0. The lowest BCUT2D eigenvalue weighted by Crippen LogP contribution is -2.26. The Kier molecular flexibility index (Phi) is 2.42. The monoisotopic (exact) mass is 199 g/mol. The fourth-order valence-corrected chi connectivity index (χ4v) is 1.80. The van der Waals surface area contributed by atoms with Gasteiger partial charge in [0.15, 0.2) is 0 Å². The topological polar surface area (TPSA) is 20.3 Å². The highest BCUT2D eigenvalue weighted by atomic mass is 16.2. The van der Waals surface area contributed by atoms with Crippen LogP contribution in [0.1, 0.15) is 6.92 Å². The molecule has 2 nitrogen and oxygen atoms in total. The Morgan fingerprint density at radius 2 is 2.00 bits per heavy atom. The maximum Gasteiger partial charge on any atom is 0.258 e. The molecule has 1 aromatic rings. The molecule has 0 radical (unpaired) electrons. The second-order valence-electron chi connectivity index (χ2n) is 3.62. The maximum absolute atomic E-state index is 11.9. The quantitative estimate of drug-likeness (QED) is 0.716. The van der Waals surface area contributed by atoms with Crippen LogP contribution in [-0.4, -0.2) is 12.5 Å².